The van der Waals surface area contributed by atoms with Gasteiger partial charge in [-0.2, -0.15) is 0 Å². The average molecular weight is 302 g/mol. The summed E-state index contributed by atoms with van der Waals surface area (Å²) in [6.45, 7) is 3.42. The van der Waals surface area contributed by atoms with E-state index in [-0.39, 0.29) is 0 Å². The van der Waals surface area contributed by atoms with Gasteiger partial charge in [0.15, 0.2) is 0 Å². The molecule has 1 aliphatic carbocycles. The molecule has 4 nitrogen and oxygen atoms in total. The summed E-state index contributed by atoms with van der Waals surface area (Å²) in [6, 6.07) is 8.11. The Kier molecular flexibility index (Phi) is 4.86. The zero-order valence-corrected chi connectivity index (χ0v) is 13.5. The number of carbonyl (C=O) groups excluding carboxylic acids is 1. The van der Waals surface area contributed by atoms with E-state index in [4.69, 9.17) is 4.74 Å². The fraction of sp³-hybridized carbons (Fsp3) is 0.611. The molecule has 0 radical (unpaired) electrons. The third-order valence-electron chi connectivity index (χ3n) is 5.00. The van der Waals surface area contributed by atoms with E-state index in [0.29, 0.717) is 11.8 Å². The van der Waals surface area contributed by atoms with Crippen LogP contribution in [0, 0.1) is 5.92 Å². The van der Waals surface area contributed by atoms with Crippen LogP contribution in [-0.2, 0) is 4.79 Å². The highest BCUT2D eigenvalue weighted by molar-refractivity contribution is 5.77. The van der Waals surface area contributed by atoms with Gasteiger partial charge in [0, 0.05) is 32.6 Å². The van der Waals surface area contributed by atoms with Crippen LogP contribution >= 0.6 is 0 Å². The van der Waals surface area contributed by atoms with E-state index in [9.17, 15) is 4.79 Å². The molecule has 0 unspecified atom stereocenters. The van der Waals surface area contributed by atoms with Crippen molar-refractivity contribution < 1.29 is 9.53 Å². The molecular weight excluding hydrogens is 276 g/mol. The molecule has 1 aromatic rings. The molecule has 0 bridgehead atoms. The van der Waals surface area contributed by atoms with E-state index in [1.807, 2.05) is 23.1 Å². The van der Waals surface area contributed by atoms with Gasteiger partial charge in [-0.15, -0.1) is 0 Å². The van der Waals surface area contributed by atoms with Crippen molar-refractivity contribution in [2.75, 3.05) is 38.2 Å². The van der Waals surface area contributed by atoms with Gasteiger partial charge in [0.25, 0.3) is 0 Å². The minimum Gasteiger partial charge on any atom is -0.495 e. The zero-order chi connectivity index (χ0) is 15.4. The van der Waals surface area contributed by atoms with Gasteiger partial charge in [-0.05, 0) is 30.9 Å². The van der Waals surface area contributed by atoms with E-state index in [1.165, 1.54) is 25.7 Å². The summed E-state index contributed by atoms with van der Waals surface area (Å²) < 4.78 is 5.44. The average Bonchev–Trinajstić information content (AvgIpc) is 3.08. The van der Waals surface area contributed by atoms with Crippen molar-refractivity contribution in [1.82, 2.24) is 4.90 Å². The maximum Gasteiger partial charge on any atom is 0.222 e. The number of ether oxygens (including phenoxy) is 1. The number of para-hydroxylation sites is 2. The molecule has 0 spiro atoms. The van der Waals surface area contributed by atoms with E-state index in [0.717, 1.165) is 44.0 Å². The monoisotopic (exact) mass is 302 g/mol. The van der Waals surface area contributed by atoms with Crippen molar-refractivity contribution >= 4 is 11.6 Å². The molecule has 1 saturated heterocycles. The minimum absolute atomic E-state index is 0.353. The Balaban J connectivity index is 1.54. The van der Waals surface area contributed by atoms with Crippen molar-refractivity contribution in [2.24, 2.45) is 5.92 Å². The number of amides is 1. The van der Waals surface area contributed by atoms with Gasteiger partial charge in [0.1, 0.15) is 5.75 Å². The predicted octanol–water partition coefficient (Wildman–Crippen LogP) is 2.92. The van der Waals surface area contributed by atoms with Gasteiger partial charge in [-0.3, -0.25) is 4.79 Å². The second kappa shape index (κ2) is 7.03. The third-order valence-corrected chi connectivity index (χ3v) is 5.00. The molecule has 2 fully saturated rings. The maximum absolute atomic E-state index is 12.4. The number of carbonyl (C=O) groups is 1. The first-order valence-electron chi connectivity index (χ1n) is 8.43. The lowest BCUT2D eigenvalue weighted by Gasteiger charge is -2.37. The van der Waals surface area contributed by atoms with E-state index in [2.05, 4.69) is 11.0 Å². The fourth-order valence-corrected chi connectivity index (χ4v) is 3.68. The quantitative estimate of drug-likeness (QED) is 0.857. The van der Waals surface area contributed by atoms with Crippen LogP contribution < -0.4 is 9.64 Å². The van der Waals surface area contributed by atoms with Crippen molar-refractivity contribution in [2.45, 2.75) is 32.1 Å². The topological polar surface area (TPSA) is 32.8 Å². The van der Waals surface area contributed by atoms with E-state index >= 15 is 0 Å². The van der Waals surface area contributed by atoms with E-state index in [1.54, 1.807) is 7.11 Å². The lowest BCUT2D eigenvalue weighted by Crippen LogP contribution is -2.49. The molecule has 4 heteroatoms. The lowest BCUT2D eigenvalue weighted by molar-refractivity contribution is -0.132. The Morgan fingerprint density at radius 3 is 2.50 bits per heavy atom. The van der Waals surface area contributed by atoms with Crippen molar-refractivity contribution in [3.05, 3.63) is 24.3 Å². The van der Waals surface area contributed by atoms with Crippen LogP contribution in [0.1, 0.15) is 32.1 Å². The highest BCUT2D eigenvalue weighted by atomic mass is 16.5. The van der Waals surface area contributed by atoms with Gasteiger partial charge in [0.05, 0.1) is 12.8 Å². The van der Waals surface area contributed by atoms with Crippen LogP contribution in [-0.4, -0.2) is 44.1 Å². The van der Waals surface area contributed by atoms with Crippen LogP contribution in [0.15, 0.2) is 24.3 Å². The smallest absolute Gasteiger partial charge is 0.222 e. The molecule has 3 rings (SSSR count). The minimum atomic E-state index is 0.353. The summed E-state index contributed by atoms with van der Waals surface area (Å²) in [7, 11) is 1.71. The number of benzene rings is 1. The predicted molar refractivity (Wildman–Crippen MR) is 88.4 cm³/mol. The Bertz CT molecular complexity index is 504. The molecule has 0 N–H and O–H groups in total. The van der Waals surface area contributed by atoms with Crippen molar-refractivity contribution in [1.29, 1.82) is 0 Å². The second-order valence-corrected chi connectivity index (χ2v) is 6.39. The summed E-state index contributed by atoms with van der Waals surface area (Å²) in [4.78, 5) is 16.8. The number of rotatable bonds is 4. The Labute approximate surface area is 133 Å². The normalized spacial score (nSPS) is 19.5. The number of anilines is 1. The molecule has 2 aliphatic rings. The van der Waals surface area contributed by atoms with Gasteiger partial charge < -0.3 is 14.5 Å². The molecule has 1 aliphatic heterocycles. The standard InChI is InChI=1S/C18H26N2O2/c1-22-17-9-5-4-8-16(17)19-10-12-20(13-11-19)18(21)14-15-6-2-3-7-15/h4-5,8-9,15H,2-3,6-7,10-14H2,1H3. The Morgan fingerprint density at radius 1 is 1.14 bits per heavy atom. The fourth-order valence-electron chi connectivity index (χ4n) is 3.68. The largest absolute Gasteiger partial charge is 0.495 e. The first-order valence-corrected chi connectivity index (χ1v) is 8.43. The number of methoxy groups -OCH3 is 1. The molecule has 0 aromatic heterocycles. The first kappa shape index (κ1) is 15.2. The number of hydrogen-bond acceptors (Lipinski definition) is 3. The summed E-state index contributed by atoms with van der Waals surface area (Å²) in [5.41, 5.74) is 1.13. The Morgan fingerprint density at radius 2 is 1.82 bits per heavy atom. The number of nitrogens with zero attached hydrogens (tertiary/aromatic N) is 2. The molecule has 1 heterocycles. The van der Waals surface area contributed by atoms with E-state index < -0.39 is 0 Å². The SMILES string of the molecule is COc1ccccc1N1CCN(C(=O)CC2CCCC2)CC1. The van der Waals surface area contributed by atoms with Crippen molar-refractivity contribution in [3.8, 4) is 5.75 Å². The van der Waals surface area contributed by atoms with Gasteiger partial charge >= 0.3 is 0 Å². The maximum atomic E-state index is 12.4. The highest BCUT2D eigenvalue weighted by Crippen LogP contribution is 2.30. The van der Waals surface area contributed by atoms with Crippen molar-refractivity contribution in [3.63, 3.8) is 0 Å². The highest BCUT2D eigenvalue weighted by Gasteiger charge is 2.25. The molecule has 1 amide bonds. The zero-order valence-electron chi connectivity index (χ0n) is 13.5. The third kappa shape index (κ3) is 3.37. The summed E-state index contributed by atoms with van der Waals surface area (Å²) in [5, 5.41) is 0. The number of hydrogen-bond donors (Lipinski definition) is 0. The molecule has 0 atom stereocenters. The van der Waals surface area contributed by atoms with Gasteiger partial charge in [-0.25, -0.2) is 0 Å². The molecule has 120 valence electrons. The van der Waals surface area contributed by atoms with Gasteiger partial charge in [-0.1, -0.05) is 25.0 Å². The summed E-state index contributed by atoms with van der Waals surface area (Å²) in [6.07, 6.45) is 5.85. The summed E-state index contributed by atoms with van der Waals surface area (Å²) in [5.74, 6) is 1.90. The molecule has 1 saturated carbocycles. The van der Waals surface area contributed by atoms with Crippen LogP contribution in [0.3, 0.4) is 0 Å². The molecule has 22 heavy (non-hydrogen) atoms. The first-order chi connectivity index (χ1) is 10.8. The van der Waals surface area contributed by atoms with Crippen LogP contribution in [0.4, 0.5) is 5.69 Å². The van der Waals surface area contributed by atoms with Crippen LogP contribution in [0.5, 0.6) is 5.75 Å². The van der Waals surface area contributed by atoms with Gasteiger partial charge in [0.2, 0.25) is 5.91 Å². The van der Waals surface area contributed by atoms with Crippen LogP contribution in [0.2, 0.25) is 0 Å². The molecule has 1 aromatic carbocycles. The lowest BCUT2D eigenvalue weighted by atomic mass is 10.0. The van der Waals surface area contributed by atoms with Crippen LogP contribution in [0.25, 0.3) is 0 Å². The second-order valence-electron chi connectivity index (χ2n) is 6.39. The number of piperazine rings is 1. The Hall–Kier alpha value is -1.71. The summed E-state index contributed by atoms with van der Waals surface area (Å²) >= 11 is 0. The molecular formula is C18H26N2O2.